The van der Waals surface area contributed by atoms with Crippen LogP contribution in [0.25, 0.3) is 0 Å². The third kappa shape index (κ3) is 4.48. The second kappa shape index (κ2) is 7.70. The molecular formula is C22H20F2N2O3. The molecule has 150 valence electrons. The lowest BCUT2D eigenvalue weighted by Crippen LogP contribution is -2.25. The zero-order valence-electron chi connectivity index (χ0n) is 15.7. The number of rotatable bonds is 4. The fraction of sp³-hybridized carbons (Fsp3) is 0.364. The van der Waals surface area contributed by atoms with Crippen molar-refractivity contribution < 1.29 is 23.0 Å². The van der Waals surface area contributed by atoms with E-state index in [4.69, 9.17) is 5.26 Å². The predicted molar refractivity (Wildman–Crippen MR) is 102 cm³/mol. The number of halogens is 2. The van der Waals surface area contributed by atoms with Crippen LogP contribution >= 0.6 is 0 Å². The van der Waals surface area contributed by atoms with Crippen molar-refractivity contribution in [3.05, 3.63) is 53.6 Å². The van der Waals surface area contributed by atoms with E-state index in [1.54, 1.807) is 30.3 Å². The van der Waals surface area contributed by atoms with Gasteiger partial charge in [0.15, 0.2) is 11.5 Å². The molecule has 0 unspecified atom stereocenters. The van der Waals surface area contributed by atoms with E-state index in [-0.39, 0.29) is 23.3 Å². The molecule has 1 aliphatic heterocycles. The predicted octanol–water partition coefficient (Wildman–Crippen LogP) is 5.18. The number of carbonyl (C=O) groups excluding carboxylic acids is 1. The number of carbonyl (C=O) groups is 1. The molecule has 29 heavy (non-hydrogen) atoms. The maximum atomic E-state index is 13.2. The molecule has 7 heteroatoms. The Hall–Kier alpha value is -3.14. The molecule has 1 amide bonds. The number of fused-ring (bicyclic) bond motifs is 1. The minimum absolute atomic E-state index is 0.0385. The average Bonchev–Trinajstić information content (AvgIpc) is 3.02. The van der Waals surface area contributed by atoms with Gasteiger partial charge < -0.3 is 14.8 Å². The van der Waals surface area contributed by atoms with Crippen LogP contribution in [0, 0.1) is 17.2 Å². The highest BCUT2D eigenvalue weighted by molar-refractivity contribution is 5.90. The Bertz CT molecular complexity index is 946. The highest BCUT2D eigenvalue weighted by atomic mass is 19.3. The van der Waals surface area contributed by atoms with Gasteiger partial charge in [0, 0.05) is 12.1 Å². The van der Waals surface area contributed by atoms with E-state index >= 15 is 0 Å². The normalized spacial score (nSPS) is 22.0. The number of anilines is 1. The molecule has 0 bridgehead atoms. The molecule has 0 aromatic heterocycles. The van der Waals surface area contributed by atoms with Crippen molar-refractivity contribution in [2.75, 3.05) is 5.32 Å². The number of nitriles is 1. The zero-order chi connectivity index (χ0) is 20.4. The molecule has 1 saturated carbocycles. The van der Waals surface area contributed by atoms with Gasteiger partial charge in [-0.1, -0.05) is 6.07 Å². The van der Waals surface area contributed by atoms with Crippen molar-refractivity contribution in [2.45, 2.75) is 44.3 Å². The summed E-state index contributed by atoms with van der Waals surface area (Å²) in [6.45, 7) is 0. The summed E-state index contributed by atoms with van der Waals surface area (Å²) in [7, 11) is 0. The standard InChI is InChI=1S/C22H20F2N2O3/c23-22(24)28-19-10-7-17(12-20(19)29-22)16-5-1-14(2-6-16)11-21(27)26-18-8-3-15(13-25)4-9-18/h3-4,7-10,12,14,16H,1-2,5-6,11H2,(H,26,27)/t14-,16+. The van der Waals surface area contributed by atoms with Gasteiger partial charge in [-0.2, -0.15) is 5.26 Å². The van der Waals surface area contributed by atoms with Gasteiger partial charge in [0.2, 0.25) is 5.91 Å². The summed E-state index contributed by atoms with van der Waals surface area (Å²) in [5.74, 6) is 0.658. The van der Waals surface area contributed by atoms with E-state index in [2.05, 4.69) is 14.8 Å². The SMILES string of the molecule is N#Cc1ccc(NC(=O)C[C@H]2CC[C@@H](c3ccc4c(c3)OC(F)(F)O4)CC2)cc1. The molecule has 1 aliphatic carbocycles. The number of nitrogens with one attached hydrogen (secondary N) is 1. The summed E-state index contributed by atoms with van der Waals surface area (Å²) in [6.07, 6.45) is 0.433. The number of hydrogen-bond acceptors (Lipinski definition) is 4. The fourth-order valence-electron chi connectivity index (χ4n) is 4.02. The van der Waals surface area contributed by atoms with Crippen molar-refractivity contribution in [2.24, 2.45) is 5.92 Å². The molecule has 1 N–H and O–H groups in total. The van der Waals surface area contributed by atoms with Gasteiger partial charge in [-0.15, -0.1) is 8.78 Å². The summed E-state index contributed by atoms with van der Waals surface area (Å²) in [6, 6.07) is 13.8. The Balaban J connectivity index is 1.28. The summed E-state index contributed by atoms with van der Waals surface area (Å²) in [5.41, 5.74) is 2.19. The molecule has 2 aromatic carbocycles. The van der Waals surface area contributed by atoms with Crippen molar-refractivity contribution in [3.63, 3.8) is 0 Å². The quantitative estimate of drug-likeness (QED) is 0.770. The lowest BCUT2D eigenvalue weighted by Gasteiger charge is -2.28. The largest absolute Gasteiger partial charge is 0.586 e. The van der Waals surface area contributed by atoms with Gasteiger partial charge >= 0.3 is 6.29 Å². The summed E-state index contributed by atoms with van der Waals surface area (Å²) < 4.78 is 35.4. The van der Waals surface area contributed by atoms with Crippen molar-refractivity contribution in [1.82, 2.24) is 0 Å². The average molecular weight is 398 g/mol. The van der Waals surface area contributed by atoms with Gasteiger partial charge in [0.05, 0.1) is 11.6 Å². The first-order valence-corrected chi connectivity index (χ1v) is 9.62. The van der Waals surface area contributed by atoms with E-state index < -0.39 is 6.29 Å². The number of benzene rings is 2. The van der Waals surface area contributed by atoms with Crippen molar-refractivity contribution in [3.8, 4) is 17.6 Å². The molecule has 0 atom stereocenters. The minimum atomic E-state index is -3.60. The summed E-state index contributed by atoms with van der Waals surface area (Å²) >= 11 is 0. The number of nitrogens with zero attached hydrogens (tertiary/aromatic N) is 1. The third-order valence-electron chi connectivity index (χ3n) is 5.52. The Morgan fingerprint density at radius 3 is 2.45 bits per heavy atom. The van der Waals surface area contributed by atoms with Crippen LogP contribution in [0.4, 0.5) is 14.5 Å². The number of ether oxygens (including phenoxy) is 2. The Kier molecular flexibility index (Phi) is 5.10. The lowest BCUT2D eigenvalue weighted by atomic mass is 9.77. The molecular weight excluding hydrogens is 378 g/mol. The minimum Gasteiger partial charge on any atom is -0.395 e. The molecule has 0 saturated heterocycles. The van der Waals surface area contributed by atoms with Crippen molar-refractivity contribution >= 4 is 11.6 Å². The molecule has 5 nitrogen and oxygen atoms in total. The molecule has 1 fully saturated rings. The smallest absolute Gasteiger partial charge is 0.395 e. The van der Waals surface area contributed by atoms with Crippen LogP contribution in [-0.4, -0.2) is 12.2 Å². The second-order valence-electron chi connectivity index (χ2n) is 7.53. The fourth-order valence-corrected chi connectivity index (χ4v) is 4.02. The second-order valence-corrected chi connectivity index (χ2v) is 7.53. The van der Waals surface area contributed by atoms with E-state index in [0.717, 1.165) is 31.2 Å². The molecule has 4 rings (SSSR count). The van der Waals surface area contributed by atoms with E-state index in [0.29, 0.717) is 23.6 Å². The topological polar surface area (TPSA) is 71.4 Å². The Labute approximate surface area is 167 Å². The first-order chi connectivity index (χ1) is 13.9. The number of alkyl halides is 2. The number of hydrogen-bond donors (Lipinski definition) is 1. The summed E-state index contributed by atoms with van der Waals surface area (Å²) in [4.78, 5) is 12.3. The molecule has 0 spiro atoms. The van der Waals surface area contributed by atoms with E-state index in [1.807, 2.05) is 12.1 Å². The third-order valence-corrected chi connectivity index (χ3v) is 5.52. The van der Waals surface area contributed by atoms with Gasteiger partial charge in [-0.25, -0.2) is 0 Å². The highest BCUT2D eigenvalue weighted by Crippen LogP contribution is 2.44. The van der Waals surface area contributed by atoms with Crippen LogP contribution in [0.15, 0.2) is 42.5 Å². The van der Waals surface area contributed by atoms with Crippen LogP contribution in [0.3, 0.4) is 0 Å². The lowest BCUT2D eigenvalue weighted by molar-refractivity contribution is -0.286. The number of amides is 1. The van der Waals surface area contributed by atoms with Crippen LogP contribution < -0.4 is 14.8 Å². The zero-order valence-corrected chi connectivity index (χ0v) is 15.7. The van der Waals surface area contributed by atoms with Crippen LogP contribution in [0.1, 0.15) is 49.1 Å². The van der Waals surface area contributed by atoms with Crippen LogP contribution in [-0.2, 0) is 4.79 Å². The van der Waals surface area contributed by atoms with E-state index in [9.17, 15) is 13.6 Å². The van der Waals surface area contributed by atoms with E-state index in [1.165, 1.54) is 6.07 Å². The molecule has 2 aliphatic rings. The maximum absolute atomic E-state index is 13.2. The molecule has 0 radical (unpaired) electrons. The van der Waals surface area contributed by atoms with Gasteiger partial charge in [-0.3, -0.25) is 4.79 Å². The molecule has 2 aromatic rings. The molecule has 1 heterocycles. The first-order valence-electron chi connectivity index (χ1n) is 9.62. The monoisotopic (exact) mass is 398 g/mol. The summed E-state index contributed by atoms with van der Waals surface area (Å²) in [5, 5.41) is 11.7. The Morgan fingerprint density at radius 1 is 1.07 bits per heavy atom. The highest BCUT2D eigenvalue weighted by Gasteiger charge is 2.43. The van der Waals surface area contributed by atoms with Gasteiger partial charge in [-0.05, 0) is 79.5 Å². The van der Waals surface area contributed by atoms with Gasteiger partial charge in [0.25, 0.3) is 0 Å². The Morgan fingerprint density at radius 2 is 1.76 bits per heavy atom. The van der Waals surface area contributed by atoms with Gasteiger partial charge in [0.1, 0.15) is 0 Å². The van der Waals surface area contributed by atoms with Crippen molar-refractivity contribution in [1.29, 1.82) is 5.26 Å². The van der Waals surface area contributed by atoms with Crippen LogP contribution in [0.2, 0.25) is 0 Å². The van der Waals surface area contributed by atoms with Crippen LogP contribution in [0.5, 0.6) is 11.5 Å². The maximum Gasteiger partial charge on any atom is 0.586 e. The first kappa shape index (κ1) is 19.2.